The molecule has 7 nitrogen and oxygen atoms in total. The van der Waals surface area contributed by atoms with E-state index in [0.717, 1.165) is 48.8 Å². The molecule has 1 aliphatic carbocycles. The summed E-state index contributed by atoms with van der Waals surface area (Å²) in [6.45, 7) is 4.75. The number of pyridine rings is 1. The normalized spacial score (nSPS) is 13.8. The summed E-state index contributed by atoms with van der Waals surface area (Å²) >= 11 is 0. The number of benzene rings is 1. The van der Waals surface area contributed by atoms with Crippen LogP contribution in [-0.2, 0) is 17.4 Å². The lowest BCUT2D eigenvalue weighted by Gasteiger charge is -2.17. The third kappa shape index (κ3) is 5.33. The number of hydrogen-bond donors (Lipinski definition) is 2. The molecule has 0 atom stereocenters. The van der Waals surface area contributed by atoms with Crippen molar-refractivity contribution in [1.82, 2.24) is 14.6 Å². The number of unbranched alkanes of at least 4 members (excludes halogenated alkanes) is 3. The van der Waals surface area contributed by atoms with E-state index in [1.54, 1.807) is 7.05 Å². The lowest BCUT2D eigenvalue weighted by molar-refractivity contribution is 0.0964. The van der Waals surface area contributed by atoms with Gasteiger partial charge in [0.2, 0.25) is 16.6 Å². The van der Waals surface area contributed by atoms with Crippen LogP contribution in [0.15, 0.2) is 34.7 Å². The largest absolute Gasteiger partial charge is 0.437 e. The molecule has 0 unspecified atom stereocenters. The third-order valence-electron chi connectivity index (χ3n) is 6.26. The van der Waals surface area contributed by atoms with Gasteiger partial charge in [-0.2, -0.15) is 4.31 Å². The molecule has 0 aliphatic heterocycles. The molecule has 1 N–H and O–H groups in total. The van der Waals surface area contributed by atoms with E-state index in [1.807, 2.05) is 37.3 Å². The summed E-state index contributed by atoms with van der Waals surface area (Å²) in [6, 6.07) is 9.80. The molecule has 1 aliphatic rings. The first-order valence-corrected chi connectivity index (χ1v) is 13.0. The van der Waals surface area contributed by atoms with Crippen LogP contribution in [0.4, 0.5) is 0 Å². The molecule has 1 fully saturated rings. The molecule has 181 valence electrons. The molecule has 1 aromatic carbocycles. The first-order chi connectivity index (χ1) is 16.4. The number of carbonyl (C=O) groups is 1. The van der Waals surface area contributed by atoms with E-state index < -0.39 is 10.9 Å². The topological polar surface area (TPSA) is 92.5 Å². The van der Waals surface area contributed by atoms with Crippen LogP contribution in [0.5, 0.6) is 0 Å². The molecule has 1 saturated carbocycles. The summed E-state index contributed by atoms with van der Waals surface area (Å²) < 4.78 is 31.6. The Morgan fingerprint density at radius 2 is 2.00 bits per heavy atom. The standard InChI is InChI=1S/C26H32N3O4S/c1-4-5-6-7-14-29(34(31)32)16-22-20(18-12-13-18)15-21-23(25(30)27-3)24(33-26(21)28-22)19-10-8-17(2)9-11-19/h5,8-11,15,18,34H,4,6-7,12-14,16H2,1-3H3,(H,27,30). The number of fused-ring (bicyclic) bond motifs is 1. The average molecular weight is 483 g/mol. The van der Waals surface area contributed by atoms with Gasteiger partial charge in [-0.3, -0.25) is 4.79 Å². The molecular weight excluding hydrogens is 450 g/mol. The smallest absolute Gasteiger partial charge is 0.255 e. The van der Waals surface area contributed by atoms with Crippen molar-refractivity contribution in [1.29, 1.82) is 0 Å². The van der Waals surface area contributed by atoms with Crippen molar-refractivity contribution in [2.75, 3.05) is 13.6 Å². The number of furan rings is 1. The maximum absolute atomic E-state index is 12.9. The van der Waals surface area contributed by atoms with Gasteiger partial charge in [0.15, 0.2) is 0 Å². The second-order valence-electron chi connectivity index (χ2n) is 8.87. The molecule has 0 bridgehead atoms. The first-order valence-electron chi connectivity index (χ1n) is 11.9. The quantitative estimate of drug-likeness (QED) is 0.304. The molecular formula is C26H32N3O4S. The second kappa shape index (κ2) is 10.7. The summed E-state index contributed by atoms with van der Waals surface area (Å²) in [6.07, 6.45) is 6.86. The molecule has 3 aromatic rings. The summed E-state index contributed by atoms with van der Waals surface area (Å²) in [5.74, 6) is 0.576. The average Bonchev–Trinajstić information content (AvgIpc) is 3.61. The van der Waals surface area contributed by atoms with E-state index in [-0.39, 0.29) is 12.5 Å². The highest BCUT2D eigenvalue weighted by atomic mass is 32.2. The van der Waals surface area contributed by atoms with Crippen LogP contribution in [0, 0.1) is 13.3 Å². The fourth-order valence-electron chi connectivity index (χ4n) is 4.22. The Labute approximate surface area is 202 Å². The van der Waals surface area contributed by atoms with Gasteiger partial charge in [-0.25, -0.2) is 13.4 Å². The van der Waals surface area contributed by atoms with Crippen LogP contribution in [0.2, 0.25) is 0 Å². The van der Waals surface area contributed by atoms with Gasteiger partial charge in [0.25, 0.3) is 5.91 Å². The number of rotatable bonds is 11. The number of aromatic nitrogens is 1. The Balaban J connectivity index is 1.77. The highest BCUT2D eigenvalue weighted by molar-refractivity contribution is 7.69. The van der Waals surface area contributed by atoms with Crippen LogP contribution in [0.3, 0.4) is 0 Å². The molecule has 1 amide bonds. The van der Waals surface area contributed by atoms with E-state index in [4.69, 9.17) is 9.40 Å². The van der Waals surface area contributed by atoms with Crippen LogP contribution >= 0.6 is 0 Å². The minimum Gasteiger partial charge on any atom is -0.437 e. The zero-order valence-corrected chi connectivity index (χ0v) is 20.9. The fraction of sp³-hybridized carbons (Fsp3) is 0.423. The van der Waals surface area contributed by atoms with E-state index in [0.29, 0.717) is 40.6 Å². The number of nitrogens with zero attached hydrogens (tertiary/aromatic N) is 2. The predicted octanol–water partition coefficient (Wildman–Crippen LogP) is 4.76. The van der Waals surface area contributed by atoms with Crippen molar-refractivity contribution >= 4 is 27.9 Å². The van der Waals surface area contributed by atoms with Crippen molar-refractivity contribution in [2.24, 2.45) is 0 Å². The number of hydrogen-bond acceptors (Lipinski definition) is 5. The maximum atomic E-state index is 12.9. The molecule has 0 saturated heterocycles. The molecule has 8 heteroatoms. The predicted molar refractivity (Wildman–Crippen MR) is 134 cm³/mol. The van der Waals surface area contributed by atoms with E-state index >= 15 is 0 Å². The van der Waals surface area contributed by atoms with Gasteiger partial charge in [0.1, 0.15) is 5.76 Å². The van der Waals surface area contributed by atoms with Crippen LogP contribution in [0.25, 0.3) is 22.4 Å². The van der Waals surface area contributed by atoms with Crippen molar-refractivity contribution in [3.05, 3.63) is 59.1 Å². The van der Waals surface area contributed by atoms with Crippen LogP contribution < -0.4 is 5.32 Å². The maximum Gasteiger partial charge on any atom is 0.255 e. The second-order valence-corrected chi connectivity index (χ2v) is 9.91. The number of thiol groups is 1. The number of aryl methyl sites for hydroxylation is 1. The fourth-order valence-corrected chi connectivity index (χ4v) is 4.78. The van der Waals surface area contributed by atoms with Gasteiger partial charge in [0.05, 0.1) is 23.2 Å². The molecule has 1 radical (unpaired) electrons. The highest BCUT2D eigenvalue weighted by Crippen LogP contribution is 2.44. The number of amides is 1. The zero-order chi connectivity index (χ0) is 24.2. The Hall–Kier alpha value is -2.71. The van der Waals surface area contributed by atoms with Gasteiger partial charge >= 0.3 is 0 Å². The molecule has 34 heavy (non-hydrogen) atoms. The van der Waals surface area contributed by atoms with Crippen molar-refractivity contribution < 1.29 is 17.6 Å². The van der Waals surface area contributed by atoms with Crippen LogP contribution in [-0.4, -0.2) is 37.2 Å². The summed E-state index contributed by atoms with van der Waals surface area (Å²) in [7, 11) is -1.13. The minimum atomic E-state index is -2.73. The van der Waals surface area contributed by atoms with Crippen molar-refractivity contribution in [3.8, 4) is 11.3 Å². The monoisotopic (exact) mass is 482 g/mol. The lowest BCUT2D eigenvalue weighted by atomic mass is 10.0. The van der Waals surface area contributed by atoms with Crippen molar-refractivity contribution in [3.63, 3.8) is 0 Å². The Morgan fingerprint density at radius 1 is 1.26 bits per heavy atom. The third-order valence-corrected chi connectivity index (χ3v) is 7.06. The van der Waals surface area contributed by atoms with E-state index in [2.05, 4.69) is 18.7 Å². The number of nitrogens with one attached hydrogen (secondary N) is 1. The van der Waals surface area contributed by atoms with E-state index in [1.165, 1.54) is 4.31 Å². The Bertz CT molecular complexity index is 1240. The van der Waals surface area contributed by atoms with Gasteiger partial charge in [-0.05, 0) is 56.6 Å². The summed E-state index contributed by atoms with van der Waals surface area (Å²) in [5.41, 5.74) is 4.45. The molecule has 2 heterocycles. The Kier molecular flexibility index (Phi) is 7.68. The van der Waals surface area contributed by atoms with E-state index in [9.17, 15) is 13.2 Å². The van der Waals surface area contributed by atoms with Crippen molar-refractivity contribution in [2.45, 2.75) is 58.4 Å². The Morgan fingerprint density at radius 3 is 2.62 bits per heavy atom. The molecule has 2 aromatic heterocycles. The van der Waals surface area contributed by atoms with Gasteiger partial charge < -0.3 is 9.73 Å². The highest BCUT2D eigenvalue weighted by Gasteiger charge is 2.31. The van der Waals surface area contributed by atoms with Gasteiger partial charge in [-0.1, -0.05) is 43.2 Å². The lowest BCUT2D eigenvalue weighted by Crippen LogP contribution is -2.24. The summed E-state index contributed by atoms with van der Waals surface area (Å²) in [4.78, 5) is 17.7. The molecule has 4 rings (SSSR count). The van der Waals surface area contributed by atoms with Gasteiger partial charge in [-0.15, -0.1) is 0 Å². The summed E-state index contributed by atoms with van der Waals surface area (Å²) in [5, 5.41) is 3.39. The zero-order valence-electron chi connectivity index (χ0n) is 20.0. The van der Waals surface area contributed by atoms with Gasteiger partial charge in [0, 0.05) is 19.2 Å². The number of carbonyl (C=O) groups excluding carboxylic acids is 1. The SMILES string of the molecule is CC[CH]CCCN(Cc1nc2oc(-c3ccc(C)cc3)c(C(=O)NC)c2cc1C1CC1)[SH](=O)=O. The minimum absolute atomic E-state index is 0.211. The molecule has 0 spiro atoms. The first kappa shape index (κ1) is 24.4. The van der Waals surface area contributed by atoms with Crippen LogP contribution in [0.1, 0.15) is 72.1 Å².